The van der Waals surface area contributed by atoms with Crippen LogP contribution in [0.25, 0.3) is 28.5 Å². The van der Waals surface area contributed by atoms with Gasteiger partial charge in [-0.05, 0) is 46.7 Å². The van der Waals surface area contributed by atoms with Crippen LogP contribution in [0, 0.1) is 0 Å². The number of hydrogen-bond donors (Lipinski definition) is 1. The fourth-order valence-electron chi connectivity index (χ4n) is 3.71. The van der Waals surface area contributed by atoms with Crippen LogP contribution in [-0.4, -0.2) is 42.6 Å². The van der Waals surface area contributed by atoms with E-state index >= 15 is 0 Å². The van der Waals surface area contributed by atoms with Crippen LogP contribution in [0.5, 0.6) is 23.1 Å². The number of ether oxygens (including phenoxy) is 3. The highest BCUT2D eigenvalue weighted by Crippen LogP contribution is 2.40. The molecule has 1 N–H and O–H groups in total. The first-order valence-electron chi connectivity index (χ1n) is 11.7. The summed E-state index contributed by atoms with van der Waals surface area (Å²) < 4.78 is 45.7. The highest BCUT2D eigenvalue weighted by Gasteiger charge is 2.23. The Labute approximate surface area is 225 Å². The lowest BCUT2D eigenvalue weighted by atomic mass is 10.1. The Hall–Kier alpha value is -5.03. The Kier molecular flexibility index (Phi) is 7.32. The third-order valence-electron chi connectivity index (χ3n) is 5.53. The molecule has 0 radical (unpaired) electrons. The fraction of sp³-hybridized carbons (Fsp3) is 0.0714. The predicted octanol–water partition coefficient (Wildman–Crippen LogP) is 5.31. The number of aromatic nitrogens is 4. The number of hydrogen-bond acceptors (Lipinski definition) is 9. The van der Waals surface area contributed by atoms with Gasteiger partial charge in [0.1, 0.15) is 0 Å². The summed E-state index contributed by atoms with van der Waals surface area (Å²) in [5.41, 5.74) is 0.711. The van der Waals surface area contributed by atoms with Gasteiger partial charge in [-0.1, -0.05) is 48.5 Å². The van der Waals surface area contributed by atoms with Crippen molar-refractivity contribution in [2.45, 2.75) is 0 Å². The van der Waals surface area contributed by atoms with E-state index in [9.17, 15) is 8.42 Å². The second-order valence-corrected chi connectivity index (χ2v) is 9.68. The van der Waals surface area contributed by atoms with Gasteiger partial charge in [0.05, 0.1) is 19.6 Å². The van der Waals surface area contributed by atoms with Crippen molar-refractivity contribution in [1.82, 2.24) is 19.9 Å². The Morgan fingerprint density at radius 1 is 0.769 bits per heavy atom. The average Bonchev–Trinajstić information content (AvgIpc) is 2.97. The Morgan fingerprint density at radius 2 is 1.49 bits per heavy atom. The van der Waals surface area contributed by atoms with E-state index in [2.05, 4.69) is 24.7 Å². The lowest BCUT2D eigenvalue weighted by molar-refractivity contribution is 0.348. The van der Waals surface area contributed by atoms with Crippen molar-refractivity contribution in [2.75, 3.05) is 18.9 Å². The maximum atomic E-state index is 13.2. The van der Waals surface area contributed by atoms with Gasteiger partial charge in [-0.15, -0.1) is 0 Å². The van der Waals surface area contributed by atoms with Crippen LogP contribution in [0.4, 0.5) is 5.82 Å². The lowest BCUT2D eigenvalue weighted by Gasteiger charge is -2.16. The maximum Gasteiger partial charge on any atom is 0.263 e. The summed E-state index contributed by atoms with van der Waals surface area (Å²) >= 11 is 0. The summed E-state index contributed by atoms with van der Waals surface area (Å²) in [6, 6.07) is 22.0. The number of anilines is 1. The SMILES string of the molecule is COc1ccccc1Oc1c(NS(=O)(=O)/C=C/c2ccc3ccccc3c2)nc(-c2ncccn2)nc1OC. The van der Waals surface area contributed by atoms with E-state index in [0.29, 0.717) is 17.1 Å². The van der Waals surface area contributed by atoms with Gasteiger partial charge in [-0.2, -0.15) is 4.98 Å². The molecule has 0 aliphatic carbocycles. The number of nitrogens with zero attached hydrogens (tertiary/aromatic N) is 4. The second-order valence-electron chi connectivity index (χ2n) is 8.12. The second kappa shape index (κ2) is 11.2. The zero-order valence-electron chi connectivity index (χ0n) is 21.0. The highest BCUT2D eigenvalue weighted by atomic mass is 32.2. The van der Waals surface area contributed by atoms with Gasteiger partial charge in [0, 0.05) is 12.4 Å². The molecule has 0 saturated heterocycles. The molecular weight excluding hydrogens is 518 g/mol. The van der Waals surface area contributed by atoms with Gasteiger partial charge in [0.15, 0.2) is 23.1 Å². The molecule has 0 saturated carbocycles. The van der Waals surface area contributed by atoms with Gasteiger partial charge in [0.25, 0.3) is 15.9 Å². The molecule has 10 nitrogen and oxygen atoms in total. The minimum Gasteiger partial charge on any atom is -0.493 e. The Bertz CT molecular complexity index is 1760. The lowest BCUT2D eigenvalue weighted by Crippen LogP contribution is -2.13. The summed E-state index contributed by atoms with van der Waals surface area (Å²) in [4.78, 5) is 17.0. The maximum absolute atomic E-state index is 13.2. The van der Waals surface area contributed by atoms with Gasteiger partial charge in [-0.3, -0.25) is 4.72 Å². The van der Waals surface area contributed by atoms with E-state index in [4.69, 9.17) is 14.2 Å². The van der Waals surface area contributed by atoms with Crippen molar-refractivity contribution in [3.63, 3.8) is 0 Å². The Morgan fingerprint density at radius 3 is 2.23 bits per heavy atom. The first kappa shape index (κ1) is 25.6. The fourth-order valence-corrected chi connectivity index (χ4v) is 4.52. The molecule has 39 heavy (non-hydrogen) atoms. The minimum atomic E-state index is -4.07. The standard InChI is InChI=1S/C28H23N5O5S/c1-36-22-10-5-6-11-23(22)38-24-25(31-27(32-28(24)37-2)26-29-15-7-16-30-26)33-39(34,35)17-14-19-12-13-20-8-3-4-9-21(20)18-19/h3-18H,1-2H3,(H,31,32,33)/b17-14+. The first-order chi connectivity index (χ1) is 19.0. The van der Waals surface area contributed by atoms with Crippen molar-refractivity contribution >= 4 is 32.7 Å². The molecular formula is C28H23N5O5S. The predicted molar refractivity (Wildman–Crippen MR) is 148 cm³/mol. The topological polar surface area (TPSA) is 125 Å². The first-order valence-corrected chi connectivity index (χ1v) is 13.2. The molecule has 5 aromatic rings. The van der Waals surface area contributed by atoms with Crippen LogP contribution in [0.15, 0.2) is 90.6 Å². The molecule has 0 bridgehead atoms. The summed E-state index contributed by atoms with van der Waals surface area (Å²) in [5, 5.41) is 3.10. The van der Waals surface area contributed by atoms with Gasteiger partial charge < -0.3 is 14.2 Å². The highest BCUT2D eigenvalue weighted by molar-refractivity contribution is 7.95. The molecule has 0 atom stereocenters. The third-order valence-corrected chi connectivity index (χ3v) is 6.50. The molecule has 3 aromatic carbocycles. The third kappa shape index (κ3) is 5.94. The van der Waals surface area contributed by atoms with Crippen LogP contribution in [0.2, 0.25) is 0 Å². The molecule has 196 valence electrons. The molecule has 5 rings (SSSR count). The molecule has 0 spiro atoms. The average molecular weight is 542 g/mol. The van der Waals surface area contributed by atoms with Crippen molar-refractivity contribution in [2.24, 2.45) is 0 Å². The van der Waals surface area contributed by atoms with Gasteiger partial charge in [0.2, 0.25) is 11.6 Å². The zero-order chi connectivity index (χ0) is 27.2. The van der Waals surface area contributed by atoms with E-state index in [1.54, 1.807) is 30.3 Å². The minimum absolute atomic E-state index is 0.0328. The van der Waals surface area contributed by atoms with E-state index < -0.39 is 10.0 Å². The monoisotopic (exact) mass is 541 g/mol. The van der Waals surface area contributed by atoms with Gasteiger partial charge >= 0.3 is 0 Å². The summed E-state index contributed by atoms with van der Waals surface area (Å²) in [5.74, 6) is 0.665. The number of sulfonamides is 1. The van der Waals surface area contributed by atoms with Crippen molar-refractivity contribution in [1.29, 1.82) is 0 Å². The normalized spacial score (nSPS) is 11.4. The molecule has 2 heterocycles. The summed E-state index contributed by atoms with van der Waals surface area (Å²) in [6.07, 6.45) is 4.54. The smallest absolute Gasteiger partial charge is 0.263 e. The van der Waals surface area contributed by atoms with Crippen molar-refractivity contribution < 1.29 is 22.6 Å². The van der Waals surface area contributed by atoms with Crippen LogP contribution >= 0.6 is 0 Å². The molecule has 0 aliphatic heterocycles. The molecule has 2 aromatic heterocycles. The van der Waals surface area contributed by atoms with E-state index in [-0.39, 0.29) is 29.1 Å². The molecule has 0 aliphatic rings. The summed E-state index contributed by atoms with van der Waals surface area (Å²) in [7, 11) is -1.20. The van der Waals surface area contributed by atoms with Crippen LogP contribution in [0.1, 0.15) is 5.56 Å². The van der Waals surface area contributed by atoms with E-state index in [1.807, 2.05) is 42.5 Å². The van der Waals surface area contributed by atoms with E-state index in [1.165, 1.54) is 32.7 Å². The number of benzene rings is 3. The quantitative estimate of drug-likeness (QED) is 0.264. The molecule has 0 fully saturated rings. The van der Waals surface area contributed by atoms with Crippen LogP contribution in [0.3, 0.4) is 0 Å². The largest absolute Gasteiger partial charge is 0.493 e. The number of para-hydroxylation sites is 2. The van der Waals surface area contributed by atoms with Crippen LogP contribution < -0.4 is 18.9 Å². The molecule has 0 amide bonds. The van der Waals surface area contributed by atoms with Crippen LogP contribution in [-0.2, 0) is 10.0 Å². The molecule has 0 unspecified atom stereocenters. The van der Waals surface area contributed by atoms with E-state index in [0.717, 1.165) is 16.2 Å². The van der Waals surface area contributed by atoms with Crippen molar-refractivity contribution in [3.05, 3.63) is 96.2 Å². The number of nitrogens with one attached hydrogen (secondary N) is 1. The van der Waals surface area contributed by atoms with Gasteiger partial charge in [-0.25, -0.2) is 23.4 Å². The number of fused-ring (bicyclic) bond motifs is 1. The van der Waals surface area contributed by atoms with Crippen molar-refractivity contribution in [3.8, 4) is 34.8 Å². The number of rotatable bonds is 9. The molecule has 11 heteroatoms. The Balaban J connectivity index is 1.55. The zero-order valence-corrected chi connectivity index (χ0v) is 21.8. The number of methoxy groups -OCH3 is 2. The summed E-state index contributed by atoms with van der Waals surface area (Å²) in [6.45, 7) is 0.